The third-order valence-corrected chi connectivity index (χ3v) is 8.09. The molecule has 2 aliphatic rings. The van der Waals surface area contributed by atoms with Crippen LogP contribution >= 0.6 is 0 Å². The Morgan fingerprint density at radius 1 is 0.806 bits per heavy atom. The van der Waals surface area contributed by atoms with Gasteiger partial charge in [-0.05, 0) is 60.3 Å². The van der Waals surface area contributed by atoms with Gasteiger partial charge in [-0.15, -0.1) is 0 Å². The topological polar surface area (TPSA) is 34.5 Å². The van der Waals surface area contributed by atoms with Gasteiger partial charge < -0.3 is 14.2 Å². The highest BCUT2D eigenvalue weighted by atomic mass is 16.5. The van der Waals surface area contributed by atoms with Crippen LogP contribution in [0, 0.1) is 5.92 Å². The van der Waals surface area contributed by atoms with Gasteiger partial charge in [-0.2, -0.15) is 0 Å². The second kappa shape index (κ2) is 10.3. The Balaban J connectivity index is 1.29. The molecule has 0 unspecified atom stereocenters. The van der Waals surface area contributed by atoms with Crippen LogP contribution in [-0.2, 0) is 11.3 Å². The highest BCUT2D eigenvalue weighted by Gasteiger charge is 2.26. The molecule has 0 spiro atoms. The van der Waals surface area contributed by atoms with Gasteiger partial charge >= 0.3 is 0 Å². The van der Waals surface area contributed by atoms with E-state index in [4.69, 9.17) is 4.74 Å². The Labute approximate surface area is 213 Å². The van der Waals surface area contributed by atoms with E-state index in [9.17, 15) is 4.79 Å². The molecule has 184 valence electrons. The molecule has 6 rings (SSSR count). The molecule has 0 bridgehead atoms. The van der Waals surface area contributed by atoms with E-state index in [2.05, 4.69) is 89.6 Å². The molecular formula is C32H34N2O2. The molecule has 3 aromatic carbocycles. The number of hydrogen-bond donors (Lipinski definition) is 0. The van der Waals surface area contributed by atoms with Crippen LogP contribution in [0.15, 0.2) is 85.1 Å². The summed E-state index contributed by atoms with van der Waals surface area (Å²) in [4.78, 5) is 15.5. The average Bonchev–Trinajstić information content (AvgIpc) is 3.32. The number of benzene rings is 3. The first-order valence-electron chi connectivity index (χ1n) is 13.4. The predicted octanol–water partition coefficient (Wildman–Crippen LogP) is 6.75. The molecule has 36 heavy (non-hydrogen) atoms. The number of hydrogen-bond acceptors (Lipinski definition) is 2. The van der Waals surface area contributed by atoms with Crippen molar-refractivity contribution in [1.82, 2.24) is 9.47 Å². The molecule has 0 radical (unpaired) electrons. The summed E-state index contributed by atoms with van der Waals surface area (Å²) >= 11 is 0. The number of carbonyl (C=O) groups excluding carboxylic acids is 1. The number of ether oxygens (including phenoxy) is 1. The molecule has 1 aromatic heterocycles. The summed E-state index contributed by atoms with van der Waals surface area (Å²) < 4.78 is 7.85. The SMILES string of the molecule is O=C(c1cn(CC2CCC(c3ccccc3)CC2)c2cc(-c3ccccc3)ccc12)N1CCOCC1. The molecule has 4 nitrogen and oxygen atoms in total. The lowest BCUT2D eigenvalue weighted by Gasteiger charge is -2.29. The second-order valence-corrected chi connectivity index (χ2v) is 10.3. The Kier molecular flexibility index (Phi) is 6.61. The van der Waals surface area contributed by atoms with Crippen molar-refractivity contribution >= 4 is 16.8 Å². The Morgan fingerprint density at radius 2 is 1.50 bits per heavy atom. The van der Waals surface area contributed by atoms with Crippen molar-refractivity contribution in [2.75, 3.05) is 26.3 Å². The maximum Gasteiger partial charge on any atom is 0.256 e. The van der Waals surface area contributed by atoms with Gasteiger partial charge in [-0.25, -0.2) is 0 Å². The van der Waals surface area contributed by atoms with E-state index in [0.717, 1.165) is 23.0 Å². The zero-order valence-electron chi connectivity index (χ0n) is 20.8. The van der Waals surface area contributed by atoms with Crippen LogP contribution in [0.4, 0.5) is 0 Å². The summed E-state index contributed by atoms with van der Waals surface area (Å²) in [6, 6.07) is 28.1. The van der Waals surface area contributed by atoms with Crippen LogP contribution in [0.3, 0.4) is 0 Å². The smallest absolute Gasteiger partial charge is 0.256 e. The molecular weight excluding hydrogens is 444 g/mol. The molecule has 0 N–H and O–H groups in total. The minimum Gasteiger partial charge on any atom is -0.378 e. The van der Waals surface area contributed by atoms with E-state index in [-0.39, 0.29) is 5.91 Å². The summed E-state index contributed by atoms with van der Waals surface area (Å²) in [6.07, 6.45) is 7.06. The van der Waals surface area contributed by atoms with Gasteiger partial charge in [0, 0.05) is 36.7 Å². The number of rotatable bonds is 5. The summed E-state index contributed by atoms with van der Waals surface area (Å²) in [6.45, 7) is 3.53. The van der Waals surface area contributed by atoms with E-state index in [1.165, 1.54) is 42.4 Å². The molecule has 4 aromatic rings. The predicted molar refractivity (Wildman–Crippen MR) is 145 cm³/mol. The van der Waals surface area contributed by atoms with Crippen molar-refractivity contribution in [2.45, 2.75) is 38.1 Å². The third kappa shape index (κ3) is 4.70. The average molecular weight is 479 g/mol. The molecule has 1 saturated carbocycles. The van der Waals surface area contributed by atoms with Gasteiger partial charge in [-0.1, -0.05) is 72.8 Å². The van der Waals surface area contributed by atoms with Gasteiger partial charge in [0.2, 0.25) is 0 Å². The Bertz CT molecular complexity index is 1310. The quantitative estimate of drug-likeness (QED) is 0.318. The van der Waals surface area contributed by atoms with Crippen LogP contribution in [0.25, 0.3) is 22.0 Å². The number of morpholine rings is 1. The molecule has 1 aliphatic carbocycles. The zero-order valence-corrected chi connectivity index (χ0v) is 20.8. The van der Waals surface area contributed by atoms with Crippen molar-refractivity contribution in [3.05, 3.63) is 96.2 Å². The summed E-state index contributed by atoms with van der Waals surface area (Å²) in [5.41, 5.74) is 5.87. The standard InChI is InChI=1S/C32H34N2O2/c35-32(33-17-19-36-20-18-33)30-23-34(22-24-11-13-27(14-12-24)25-7-3-1-4-8-25)31-21-28(15-16-29(30)31)26-9-5-2-6-10-26/h1-10,15-16,21,23-24,27H,11-14,17-20,22H2. The monoisotopic (exact) mass is 478 g/mol. The number of carbonyl (C=O) groups is 1. The van der Waals surface area contributed by atoms with Gasteiger partial charge in [-0.3, -0.25) is 4.79 Å². The summed E-state index contributed by atoms with van der Waals surface area (Å²) in [7, 11) is 0. The number of aromatic nitrogens is 1. The van der Waals surface area contributed by atoms with E-state index in [1.54, 1.807) is 0 Å². The minimum absolute atomic E-state index is 0.127. The lowest BCUT2D eigenvalue weighted by Crippen LogP contribution is -2.40. The molecule has 4 heteroatoms. The Morgan fingerprint density at radius 3 is 2.22 bits per heavy atom. The van der Waals surface area contributed by atoms with Crippen molar-refractivity contribution in [3.8, 4) is 11.1 Å². The molecule has 2 fully saturated rings. The lowest BCUT2D eigenvalue weighted by atomic mass is 9.78. The van der Waals surface area contributed by atoms with Crippen molar-refractivity contribution in [2.24, 2.45) is 5.92 Å². The second-order valence-electron chi connectivity index (χ2n) is 10.3. The van der Waals surface area contributed by atoms with E-state index >= 15 is 0 Å². The third-order valence-electron chi connectivity index (χ3n) is 8.09. The van der Waals surface area contributed by atoms with E-state index in [1.807, 2.05) is 4.90 Å². The van der Waals surface area contributed by atoms with Crippen LogP contribution in [0.1, 0.15) is 47.5 Å². The minimum atomic E-state index is 0.127. The fraction of sp³-hybridized carbons (Fsp3) is 0.344. The van der Waals surface area contributed by atoms with Crippen LogP contribution < -0.4 is 0 Å². The van der Waals surface area contributed by atoms with Gasteiger partial charge in [0.05, 0.1) is 18.8 Å². The van der Waals surface area contributed by atoms with Crippen molar-refractivity contribution < 1.29 is 9.53 Å². The number of fused-ring (bicyclic) bond motifs is 1. The summed E-state index contributed by atoms with van der Waals surface area (Å²) in [5, 5.41) is 1.06. The fourth-order valence-electron chi connectivity index (χ4n) is 6.04. The van der Waals surface area contributed by atoms with Crippen molar-refractivity contribution in [1.29, 1.82) is 0 Å². The van der Waals surface area contributed by atoms with Crippen LogP contribution in [0.2, 0.25) is 0 Å². The van der Waals surface area contributed by atoms with E-state index in [0.29, 0.717) is 38.1 Å². The van der Waals surface area contributed by atoms with Gasteiger partial charge in [0.15, 0.2) is 0 Å². The first-order valence-corrected chi connectivity index (χ1v) is 13.4. The van der Waals surface area contributed by atoms with Crippen LogP contribution in [-0.4, -0.2) is 41.7 Å². The maximum absolute atomic E-state index is 13.5. The van der Waals surface area contributed by atoms with Crippen LogP contribution in [0.5, 0.6) is 0 Å². The summed E-state index contributed by atoms with van der Waals surface area (Å²) in [5.74, 6) is 1.43. The largest absolute Gasteiger partial charge is 0.378 e. The maximum atomic E-state index is 13.5. The molecule has 2 heterocycles. The number of amides is 1. The molecule has 1 saturated heterocycles. The normalized spacial score (nSPS) is 20.5. The van der Waals surface area contributed by atoms with Gasteiger partial charge in [0.25, 0.3) is 5.91 Å². The zero-order chi connectivity index (χ0) is 24.3. The molecule has 1 aliphatic heterocycles. The lowest BCUT2D eigenvalue weighted by molar-refractivity contribution is 0.0304. The fourth-order valence-corrected chi connectivity index (χ4v) is 6.04. The Hall–Kier alpha value is -3.37. The van der Waals surface area contributed by atoms with E-state index < -0.39 is 0 Å². The highest BCUT2D eigenvalue weighted by Crippen LogP contribution is 2.37. The first-order chi connectivity index (χ1) is 17.8. The molecule has 1 amide bonds. The first kappa shape index (κ1) is 23.1. The molecule has 0 atom stereocenters. The van der Waals surface area contributed by atoms with Gasteiger partial charge in [0.1, 0.15) is 0 Å². The highest BCUT2D eigenvalue weighted by molar-refractivity contribution is 6.07. The number of nitrogens with zero attached hydrogens (tertiary/aromatic N) is 2. The van der Waals surface area contributed by atoms with Crippen molar-refractivity contribution in [3.63, 3.8) is 0 Å².